The van der Waals surface area contributed by atoms with Gasteiger partial charge in [-0.25, -0.2) is 0 Å². The first-order valence-electron chi connectivity index (χ1n) is 8.28. The van der Waals surface area contributed by atoms with Crippen LogP contribution in [-0.2, 0) is 4.79 Å². The molecular formula is C17H34O2. The predicted molar refractivity (Wildman–Crippen MR) is 82.4 cm³/mol. The van der Waals surface area contributed by atoms with Gasteiger partial charge in [0.15, 0.2) is 0 Å². The van der Waals surface area contributed by atoms with E-state index in [1.807, 2.05) is 0 Å². The highest BCUT2D eigenvalue weighted by atomic mass is 16.4. The number of aliphatic carboxylic acids is 1. The maximum absolute atomic E-state index is 10.5. The fourth-order valence-electron chi connectivity index (χ4n) is 2.57. The highest BCUT2D eigenvalue weighted by Gasteiger charge is 2.07. The lowest BCUT2D eigenvalue weighted by Crippen LogP contribution is -2.02. The van der Waals surface area contributed by atoms with Crippen molar-refractivity contribution in [3.8, 4) is 0 Å². The van der Waals surface area contributed by atoms with E-state index in [0.29, 0.717) is 12.3 Å². The second kappa shape index (κ2) is 12.5. The minimum absolute atomic E-state index is 0.328. The van der Waals surface area contributed by atoms with E-state index in [2.05, 4.69) is 20.8 Å². The molecule has 0 aromatic rings. The molecule has 2 unspecified atom stereocenters. The number of hydrogen-bond acceptors (Lipinski definition) is 1. The Balaban J connectivity index is 3.36. The number of carboxylic acid groups (broad SMARTS) is 1. The van der Waals surface area contributed by atoms with Gasteiger partial charge in [0.1, 0.15) is 0 Å². The summed E-state index contributed by atoms with van der Waals surface area (Å²) < 4.78 is 0. The van der Waals surface area contributed by atoms with E-state index in [1.54, 1.807) is 0 Å². The summed E-state index contributed by atoms with van der Waals surface area (Å²) in [5.74, 6) is 0.744. The van der Waals surface area contributed by atoms with Crippen LogP contribution in [-0.4, -0.2) is 11.1 Å². The Hall–Kier alpha value is -0.530. The molecule has 0 saturated heterocycles. The molecule has 0 bridgehead atoms. The summed E-state index contributed by atoms with van der Waals surface area (Å²) in [5, 5.41) is 8.63. The molecule has 19 heavy (non-hydrogen) atoms. The summed E-state index contributed by atoms with van der Waals surface area (Å²) in [6.45, 7) is 6.80. The largest absolute Gasteiger partial charge is 0.481 e. The van der Waals surface area contributed by atoms with Crippen molar-refractivity contribution in [3.63, 3.8) is 0 Å². The van der Waals surface area contributed by atoms with Crippen LogP contribution in [0.1, 0.15) is 91.4 Å². The van der Waals surface area contributed by atoms with Crippen molar-refractivity contribution in [2.24, 2.45) is 11.8 Å². The van der Waals surface area contributed by atoms with Gasteiger partial charge in [0.25, 0.3) is 0 Å². The van der Waals surface area contributed by atoms with Gasteiger partial charge in [-0.05, 0) is 18.3 Å². The molecular weight excluding hydrogens is 236 g/mol. The van der Waals surface area contributed by atoms with Gasteiger partial charge in [0.2, 0.25) is 0 Å². The van der Waals surface area contributed by atoms with Crippen LogP contribution in [0.5, 0.6) is 0 Å². The summed E-state index contributed by atoms with van der Waals surface area (Å²) in [7, 11) is 0. The highest BCUT2D eigenvalue weighted by molar-refractivity contribution is 5.66. The smallest absolute Gasteiger partial charge is 0.303 e. The maximum Gasteiger partial charge on any atom is 0.303 e. The van der Waals surface area contributed by atoms with Crippen LogP contribution in [0.25, 0.3) is 0 Å². The first-order valence-corrected chi connectivity index (χ1v) is 8.28. The lowest BCUT2D eigenvalue weighted by molar-refractivity contribution is -0.137. The Morgan fingerprint density at radius 2 is 1.37 bits per heavy atom. The van der Waals surface area contributed by atoms with Crippen molar-refractivity contribution < 1.29 is 9.90 Å². The third kappa shape index (κ3) is 13.7. The third-order valence-corrected chi connectivity index (χ3v) is 4.05. The molecule has 0 aliphatic carbocycles. The zero-order valence-electron chi connectivity index (χ0n) is 13.3. The van der Waals surface area contributed by atoms with E-state index < -0.39 is 5.97 Å². The molecule has 0 spiro atoms. The predicted octanol–water partition coefficient (Wildman–Crippen LogP) is 5.65. The van der Waals surface area contributed by atoms with Crippen LogP contribution in [0.2, 0.25) is 0 Å². The van der Waals surface area contributed by atoms with Gasteiger partial charge in [0, 0.05) is 6.42 Å². The van der Waals surface area contributed by atoms with Crippen molar-refractivity contribution >= 4 is 5.97 Å². The van der Waals surface area contributed by atoms with E-state index in [0.717, 1.165) is 12.3 Å². The number of unbranched alkanes of at least 4 members (excludes halogenated alkanes) is 4. The van der Waals surface area contributed by atoms with Crippen molar-refractivity contribution in [1.82, 2.24) is 0 Å². The third-order valence-electron chi connectivity index (χ3n) is 4.05. The van der Waals surface area contributed by atoms with Gasteiger partial charge < -0.3 is 5.11 Å². The molecule has 0 aromatic heterocycles. The standard InChI is InChI=1S/C17H34O2/c1-4-5-6-7-8-10-15(2)11-9-12-16(3)13-14-17(18)19/h15-16H,4-14H2,1-3H3,(H,18,19). The minimum Gasteiger partial charge on any atom is -0.481 e. The van der Waals surface area contributed by atoms with E-state index in [-0.39, 0.29) is 0 Å². The molecule has 0 saturated carbocycles. The van der Waals surface area contributed by atoms with Crippen LogP contribution in [0, 0.1) is 11.8 Å². The first-order chi connectivity index (χ1) is 9.06. The molecule has 2 nitrogen and oxygen atoms in total. The molecule has 0 fully saturated rings. The van der Waals surface area contributed by atoms with Crippen LogP contribution in [0.4, 0.5) is 0 Å². The first kappa shape index (κ1) is 18.5. The average Bonchev–Trinajstić information content (AvgIpc) is 2.36. The van der Waals surface area contributed by atoms with Crippen molar-refractivity contribution in [2.75, 3.05) is 0 Å². The van der Waals surface area contributed by atoms with Gasteiger partial charge in [-0.15, -0.1) is 0 Å². The molecule has 0 aliphatic rings. The van der Waals surface area contributed by atoms with Crippen molar-refractivity contribution in [3.05, 3.63) is 0 Å². The van der Waals surface area contributed by atoms with Gasteiger partial charge in [-0.3, -0.25) is 4.79 Å². The molecule has 2 atom stereocenters. The Kier molecular flexibility index (Phi) is 12.2. The molecule has 114 valence electrons. The maximum atomic E-state index is 10.5. The summed E-state index contributed by atoms with van der Waals surface area (Å²) in [6, 6.07) is 0. The Bertz CT molecular complexity index is 213. The lowest BCUT2D eigenvalue weighted by atomic mass is 9.93. The summed E-state index contributed by atoms with van der Waals surface area (Å²) in [5.41, 5.74) is 0. The highest BCUT2D eigenvalue weighted by Crippen LogP contribution is 2.20. The fourth-order valence-corrected chi connectivity index (χ4v) is 2.57. The molecule has 0 heterocycles. The topological polar surface area (TPSA) is 37.3 Å². The quantitative estimate of drug-likeness (QED) is 0.439. The SMILES string of the molecule is CCCCCCCC(C)CCCC(C)CCC(=O)O. The van der Waals surface area contributed by atoms with Crippen LogP contribution in [0.3, 0.4) is 0 Å². The monoisotopic (exact) mass is 270 g/mol. The van der Waals surface area contributed by atoms with Gasteiger partial charge in [0.05, 0.1) is 0 Å². The lowest BCUT2D eigenvalue weighted by Gasteiger charge is -2.13. The van der Waals surface area contributed by atoms with E-state index in [1.165, 1.54) is 57.8 Å². The summed E-state index contributed by atoms with van der Waals surface area (Å²) >= 11 is 0. The fraction of sp³-hybridized carbons (Fsp3) is 0.941. The Morgan fingerprint density at radius 1 is 0.842 bits per heavy atom. The normalized spacial score (nSPS) is 14.3. The Morgan fingerprint density at radius 3 is 1.95 bits per heavy atom. The molecule has 0 aromatic carbocycles. The Labute approximate surface area is 120 Å². The van der Waals surface area contributed by atoms with Crippen LogP contribution >= 0.6 is 0 Å². The van der Waals surface area contributed by atoms with Crippen molar-refractivity contribution in [2.45, 2.75) is 91.4 Å². The van der Waals surface area contributed by atoms with Gasteiger partial charge in [-0.2, -0.15) is 0 Å². The van der Waals surface area contributed by atoms with Crippen molar-refractivity contribution in [1.29, 1.82) is 0 Å². The minimum atomic E-state index is -0.660. The summed E-state index contributed by atoms with van der Waals surface area (Å²) in [4.78, 5) is 10.5. The molecule has 0 amide bonds. The molecule has 1 N–H and O–H groups in total. The second-order valence-corrected chi connectivity index (χ2v) is 6.28. The summed E-state index contributed by atoms with van der Waals surface area (Å²) in [6.07, 6.45) is 13.2. The molecule has 0 radical (unpaired) electrons. The van der Waals surface area contributed by atoms with Gasteiger partial charge in [-0.1, -0.05) is 78.6 Å². The average molecular weight is 270 g/mol. The number of rotatable bonds is 13. The molecule has 2 heteroatoms. The van der Waals surface area contributed by atoms with E-state index >= 15 is 0 Å². The number of carbonyl (C=O) groups is 1. The molecule has 0 aliphatic heterocycles. The van der Waals surface area contributed by atoms with Gasteiger partial charge >= 0.3 is 5.97 Å². The zero-order valence-corrected chi connectivity index (χ0v) is 13.3. The van der Waals surface area contributed by atoms with E-state index in [4.69, 9.17) is 5.11 Å². The zero-order chi connectivity index (χ0) is 14.5. The number of carboxylic acids is 1. The van der Waals surface area contributed by atoms with Crippen LogP contribution < -0.4 is 0 Å². The van der Waals surface area contributed by atoms with E-state index in [9.17, 15) is 4.79 Å². The number of hydrogen-bond donors (Lipinski definition) is 1. The second-order valence-electron chi connectivity index (χ2n) is 6.28. The van der Waals surface area contributed by atoms with Crippen LogP contribution in [0.15, 0.2) is 0 Å². The molecule has 0 rings (SSSR count).